The summed E-state index contributed by atoms with van der Waals surface area (Å²) in [7, 11) is 1.36. The van der Waals surface area contributed by atoms with Crippen molar-refractivity contribution in [3.63, 3.8) is 0 Å². The van der Waals surface area contributed by atoms with Gasteiger partial charge in [0.2, 0.25) is 0 Å². The van der Waals surface area contributed by atoms with Crippen LogP contribution in [0.4, 0.5) is 11.4 Å². The highest BCUT2D eigenvalue weighted by Crippen LogP contribution is 2.25. The first-order valence-corrected chi connectivity index (χ1v) is 6.54. The number of nitrogen functional groups attached to an aromatic ring is 1. The van der Waals surface area contributed by atoms with Crippen LogP contribution < -0.4 is 11.1 Å². The minimum Gasteiger partial charge on any atom is -0.465 e. The van der Waals surface area contributed by atoms with Crippen LogP contribution in [0.25, 0.3) is 0 Å². The van der Waals surface area contributed by atoms with E-state index in [-0.39, 0.29) is 12.1 Å². The number of anilines is 2. The number of methoxy groups -OCH3 is 1. The molecule has 5 heteroatoms. The molecule has 0 bridgehead atoms. The number of benzene rings is 1. The molecule has 0 amide bonds. The van der Waals surface area contributed by atoms with E-state index in [1.54, 1.807) is 18.2 Å². The molecule has 1 heterocycles. The van der Waals surface area contributed by atoms with Gasteiger partial charge in [-0.05, 0) is 31.4 Å². The standard InChI is InChI=1S/C14H20N2O3/c1-18-14(17)11-6-4-7-12(15)13(11)16-9-10-5-2-3-8-19-10/h4,6-7,10,16H,2-3,5,8-9,15H2,1H3. The highest BCUT2D eigenvalue weighted by atomic mass is 16.5. The van der Waals surface area contributed by atoms with Crippen LogP contribution >= 0.6 is 0 Å². The second-order valence-corrected chi connectivity index (χ2v) is 4.63. The van der Waals surface area contributed by atoms with Crippen molar-refractivity contribution in [1.29, 1.82) is 0 Å². The highest BCUT2D eigenvalue weighted by Gasteiger charge is 2.17. The lowest BCUT2D eigenvalue weighted by molar-refractivity contribution is 0.0247. The predicted molar refractivity (Wildman–Crippen MR) is 74.3 cm³/mol. The van der Waals surface area contributed by atoms with Gasteiger partial charge in [-0.25, -0.2) is 4.79 Å². The SMILES string of the molecule is COC(=O)c1cccc(N)c1NCC1CCCCO1. The fraction of sp³-hybridized carbons (Fsp3) is 0.500. The van der Waals surface area contributed by atoms with Crippen LogP contribution in [0.5, 0.6) is 0 Å². The number of ether oxygens (including phenoxy) is 2. The van der Waals surface area contributed by atoms with Crippen molar-refractivity contribution >= 4 is 17.3 Å². The summed E-state index contributed by atoms with van der Waals surface area (Å²) >= 11 is 0. The first kappa shape index (κ1) is 13.7. The molecule has 1 aliphatic heterocycles. The molecule has 1 saturated heterocycles. The van der Waals surface area contributed by atoms with Crippen molar-refractivity contribution in [2.24, 2.45) is 0 Å². The molecule has 0 radical (unpaired) electrons. The molecule has 3 N–H and O–H groups in total. The molecular formula is C14H20N2O3. The lowest BCUT2D eigenvalue weighted by atomic mass is 10.1. The third-order valence-electron chi connectivity index (χ3n) is 3.28. The Kier molecular flexibility index (Phi) is 4.63. The number of esters is 1. The average Bonchev–Trinajstić information content (AvgIpc) is 2.46. The van der Waals surface area contributed by atoms with E-state index in [9.17, 15) is 4.79 Å². The fourth-order valence-corrected chi connectivity index (χ4v) is 2.23. The Labute approximate surface area is 113 Å². The zero-order valence-electron chi connectivity index (χ0n) is 11.1. The molecule has 5 nitrogen and oxygen atoms in total. The van der Waals surface area contributed by atoms with Crippen molar-refractivity contribution < 1.29 is 14.3 Å². The lowest BCUT2D eigenvalue weighted by Gasteiger charge is -2.24. The molecule has 0 aromatic heterocycles. The van der Waals surface area contributed by atoms with Gasteiger partial charge in [-0.3, -0.25) is 0 Å². The second-order valence-electron chi connectivity index (χ2n) is 4.63. The number of para-hydroxylation sites is 1. The molecule has 19 heavy (non-hydrogen) atoms. The Hall–Kier alpha value is -1.75. The molecule has 1 aromatic rings. The van der Waals surface area contributed by atoms with Crippen molar-refractivity contribution in [2.45, 2.75) is 25.4 Å². The van der Waals surface area contributed by atoms with Gasteiger partial charge in [-0.15, -0.1) is 0 Å². The number of nitrogens with two attached hydrogens (primary N) is 1. The fourth-order valence-electron chi connectivity index (χ4n) is 2.23. The summed E-state index contributed by atoms with van der Waals surface area (Å²) in [6.45, 7) is 1.46. The normalized spacial score (nSPS) is 18.9. The Morgan fingerprint density at radius 2 is 2.37 bits per heavy atom. The number of hydrogen-bond donors (Lipinski definition) is 2. The molecule has 1 atom stereocenters. The third kappa shape index (κ3) is 3.38. The number of nitrogens with one attached hydrogen (secondary N) is 1. The molecule has 1 aliphatic rings. The van der Waals surface area contributed by atoms with Gasteiger partial charge in [0.1, 0.15) is 0 Å². The third-order valence-corrected chi connectivity index (χ3v) is 3.28. The van der Waals surface area contributed by atoms with Crippen LogP contribution in [-0.4, -0.2) is 32.3 Å². The topological polar surface area (TPSA) is 73.6 Å². The largest absolute Gasteiger partial charge is 0.465 e. The number of rotatable bonds is 4. The maximum Gasteiger partial charge on any atom is 0.340 e. The Morgan fingerprint density at radius 3 is 3.05 bits per heavy atom. The van der Waals surface area contributed by atoms with Crippen molar-refractivity contribution in [3.8, 4) is 0 Å². The van der Waals surface area contributed by atoms with E-state index >= 15 is 0 Å². The Bertz CT molecular complexity index is 442. The van der Waals surface area contributed by atoms with E-state index in [2.05, 4.69) is 5.32 Å². The summed E-state index contributed by atoms with van der Waals surface area (Å²) in [5, 5.41) is 3.22. The van der Waals surface area contributed by atoms with Crippen LogP contribution in [0.1, 0.15) is 29.6 Å². The molecule has 1 aromatic carbocycles. The van der Waals surface area contributed by atoms with Gasteiger partial charge in [-0.2, -0.15) is 0 Å². The van der Waals surface area contributed by atoms with Crippen LogP contribution in [-0.2, 0) is 9.47 Å². The Balaban J connectivity index is 2.07. The zero-order chi connectivity index (χ0) is 13.7. The van der Waals surface area contributed by atoms with Crippen LogP contribution in [0.15, 0.2) is 18.2 Å². The van der Waals surface area contributed by atoms with E-state index in [4.69, 9.17) is 15.2 Å². The number of carbonyl (C=O) groups is 1. The minimum atomic E-state index is -0.389. The van der Waals surface area contributed by atoms with E-state index in [0.717, 1.165) is 19.4 Å². The summed E-state index contributed by atoms with van der Waals surface area (Å²) in [4.78, 5) is 11.7. The lowest BCUT2D eigenvalue weighted by Crippen LogP contribution is -2.27. The van der Waals surface area contributed by atoms with Crippen molar-refractivity contribution in [3.05, 3.63) is 23.8 Å². The molecule has 104 valence electrons. The maximum absolute atomic E-state index is 11.7. The van der Waals surface area contributed by atoms with Gasteiger partial charge in [0.05, 0.1) is 30.2 Å². The van der Waals surface area contributed by atoms with E-state index < -0.39 is 0 Å². The van der Waals surface area contributed by atoms with Crippen LogP contribution in [0, 0.1) is 0 Å². The summed E-state index contributed by atoms with van der Waals surface area (Å²) in [5.41, 5.74) is 7.54. The second kappa shape index (κ2) is 6.43. The molecule has 0 saturated carbocycles. The Morgan fingerprint density at radius 1 is 1.53 bits per heavy atom. The first-order valence-electron chi connectivity index (χ1n) is 6.54. The van der Waals surface area contributed by atoms with Crippen molar-refractivity contribution in [2.75, 3.05) is 31.3 Å². The first-order chi connectivity index (χ1) is 9.22. The summed E-state index contributed by atoms with van der Waals surface area (Å²) in [5.74, 6) is -0.389. The van der Waals surface area contributed by atoms with Gasteiger partial charge in [0.15, 0.2) is 0 Å². The van der Waals surface area contributed by atoms with E-state index in [1.807, 2.05) is 0 Å². The van der Waals surface area contributed by atoms with Crippen LogP contribution in [0.2, 0.25) is 0 Å². The van der Waals surface area contributed by atoms with E-state index in [0.29, 0.717) is 23.5 Å². The van der Waals surface area contributed by atoms with Crippen LogP contribution in [0.3, 0.4) is 0 Å². The maximum atomic E-state index is 11.7. The van der Waals surface area contributed by atoms with Gasteiger partial charge < -0.3 is 20.5 Å². The van der Waals surface area contributed by atoms with E-state index in [1.165, 1.54) is 13.5 Å². The average molecular weight is 264 g/mol. The summed E-state index contributed by atoms with van der Waals surface area (Å²) in [6.07, 6.45) is 3.52. The molecule has 2 rings (SSSR count). The molecule has 1 fully saturated rings. The van der Waals surface area contributed by atoms with Gasteiger partial charge >= 0.3 is 5.97 Å². The quantitative estimate of drug-likeness (QED) is 0.643. The molecule has 1 unspecified atom stereocenters. The minimum absolute atomic E-state index is 0.179. The number of hydrogen-bond acceptors (Lipinski definition) is 5. The van der Waals surface area contributed by atoms with Gasteiger partial charge in [0.25, 0.3) is 0 Å². The smallest absolute Gasteiger partial charge is 0.340 e. The molecule has 0 aliphatic carbocycles. The monoisotopic (exact) mass is 264 g/mol. The zero-order valence-corrected chi connectivity index (χ0v) is 11.1. The van der Waals surface area contributed by atoms with Gasteiger partial charge in [0, 0.05) is 13.2 Å². The summed E-state index contributed by atoms with van der Waals surface area (Å²) in [6, 6.07) is 5.20. The predicted octanol–water partition coefficient (Wildman–Crippen LogP) is 2.04. The number of carbonyl (C=O) groups excluding carboxylic acids is 1. The van der Waals surface area contributed by atoms with Gasteiger partial charge in [-0.1, -0.05) is 6.07 Å². The highest BCUT2D eigenvalue weighted by molar-refractivity contribution is 5.98. The molecular weight excluding hydrogens is 244 g/mol. The summed E-state index contributed by atoms with van der Waals surface area (Å²) < 4.78 is 10.4. The van der Waals surface area contributed by atoms with Crippen molar-refractivity contribution in [1.82, 2.24) is 0 Å². The molecule has 0 spiro atoms.